The Balaban J connectivity index is 1.58. The van der Waals surface area contributed by atoms with Gasteiger partial charge in [0.2, 0.25) is 0 Å². The Morgan fingerprint density at radius 1 is 1.07 bits per heavy atom. The van der Waals surface area contributed by atoms with Crippen LogP contribution < -0.4 is 0 Å². The number of carbonyl (C=O) groups excluding carboxylic acids is 2. The standard InChI is InChI=1S/C23H28N2O3/c1-15-8-7-9-16(2)25(15)21(26)14-28-23(27)22-17-10-3-5-12-19(17)24-20-13-6-4-11-18(20)22/h3,5,10,12,15-16H,4,6-9,11,13-14H2,1-2H3/t15-,16-/m0/s1. The molecule has 0 saturated carbocycles. The second-order valence-electron chi connectivity index (χ2n) is 8.14. The van der Waals surface area contributed by atoms with E-state index in [2.05, 4.69) is 13.8 Å². The van der Waals surface area contributed by atoms with Gasteiger partial charge in [-0.2, -0.15) is 0 Å². The summed E-state index contributed by atoms with van der Waals surface area (Å²) in [5.74, 6) is -0.498. The zero-order valence-corrected chi connectivity index (χ0v) is 16.7. The first-order valence-corrected chi connectivity index (χ1v) is 10.4. The van der Waals surface area contributed by atoms with Crippen LogP contribution in [0.25, 0.3) is 10.9 Å². The van der Waals surface area contributed by atoms with E-state index >= 15 is 0 Å². The summed E-state index contributed by atoms with van der Waals surface area (Å²) in [5.41, 5.74) is 3.43. The number of benzene rings is 1. The van der Waals surface area contributed by atoms with Gasteiger partial charge in [-0.15, -0.1) is 0 Å². The number of fused-ring (bicyclic) bond motifs is 2. The molecule has 1 aliphatic carbocycles. The first kappa shape index (κ1) is 18.9. The number of para-hydroxylation sites is 1. The summed E-state index contributed by atoms with van der Waals surface area (Å²) < 4.78 is 5.56. The highest BCUT2D eigenvalue weighted by molar-refractivity contribution is 6.05. The van der Waals surface area contributed by atoms with E-state index in [0.717, 1.165) is 67.1 Å². The van der Waals surface area contributed by atoms with E-state index in [1.165, 1.54) is 0 Å². The SMILES string of the molecule is C[C@H]1CCC[C@H](C)N1C(=O)COC(=O)c1c2c(nc3ccccc13)CCCC2. The summed E-state index contributed by atoms with van der Waals surface area (Å²) >= 11 is 0. The molecule has 2 atom stereocenters. The molecule has 0 N–H and O–H groups in total. The second-order valence-corrected chi connectivity index (χ2v) is 8.14. The van der Waals surface area contributed by atoms with Crippen LogP contribution in [0.15, 0.2) is 24.3 Å². The highest BCUT2D eigenvalue weighted by Gasteiger charge is 2.30. The number of likely N-dealkylation sites (tertiary alicyclic amines) is 1. The highest BCUT2D eigenvalue weighted by Crippen LogP contribution is 2.30. The van der Waals surface area contributed by atoms with Crippen molar-refractivity contribution in [3.05, 3.63) is 41.1 Å². The molecule has 1 aromatic carbocycles. The number of hydrogen-bond acceptors (Lipinski definition) is 4. The van der Waals surface area contributed by atoms with Crippen LogP contribution in [0.2, 0.25) is 0 Å². The van der Waals surface area contributed by atoms with Crippen LogP contribution in [0.1, 0.15) is 67.6 Å². The minimum absolute atomic E-state index is 0.0970. The Kier molecular flexibility index (Phi) is 5.33. The van der Waals surface area contributed by atoms with Crippen LogP contribution in [0.3, 0.4) is 0 Å². The van der Waals surface area contributed by atoms with Gasteiger partial charge in [-0.1, -0.05) is 18.2 Å². The quantitative estimate of drug-likeness (QED) is 0.754. The highest BCUT2D eigenvalue weighted by atomic mass is 16.5. The number of hydrogen-bond donors (Lipinski definition) is 0. The Bertz CT molecular complexity index is 898. The fourth-order valence-corrected chi connectivity index (χ4v) is 4.79. The van der Waals surface area contributed by atoms with Gasteiger partial charge in [-0.3, -0.25) is 9.78 Å². The summed E-state index contributed by atoms with van der Waals surface area (Å²) in [4.78, 5) is 32.5. The largest absolute Gasteiger partial charge is 0.452 e. The Morgan fingerprint density at radius 3 is 2.57 bits per heavy atom. The Labute approximate surface area is 166 Å². The average Bonchev–Trinajstić information content (AvgIpc) is 2.70. The Hall–Kier alpha value is -2.43. The van der Waals surface area contributed by atoms with Crippen LogP contribution in [-0.4, -0.2) is 40.5 Å². The van der Waals surface area contributed by atoms with Crippen molar-refractivity contribution in [1.29, 1.82) is 0 Å². The molecule has 1 saturated heterocycles. The molecule has 1 fully saturated rings. The molecular weight excluding hydrogens is 352 g/mol. The van der Waals surface area contributed by atoms with Crippen molar-refractivity contribution in [2.75, 3.05) is 6.61 Å². The van der Waals surface area contributed by atoms with Crippen molar-refractivity contribution in [3.8, 4) is 0 Å². The van der Waals surface area contributed by atoms with Crippen molar-refractivity contribution in [2.24, 2.45) is 0 Å². The minimum Gasteiger partial charge on any atom is -0.452 e. The first-order chi connectivity index (χ1) is 13.6. The van der Waals surface area contributed by atoms with Gasteiger partial charge in [0.15, 0.2) is 6.61 Å². The lowest BCUT2D eigenvalue weighted by Crippen LogP contribution is -2.49. The number of piperidine rings is 1. The van der Waals surface area contributed by atoms with Crippen molar-refractivity contribution >= 4 is 22.8 Å². The molecule has 1 aliphatic heterocycles. The van der Waals surface area contributed by atoms with Gasteiger partial charge in [-0.25, -0.2) is 4.79 Å². The number of rotatable bonds is 3. The van der Waals surface area contributed by atoms with Crippen LogP contribution in [-0.2, 0) is 22.4 Å². The van der Waals surface area contributed by atoms with E-state index in [1.54, 1.807) is 0 Å². The van der Waals surface area contributed by atoms with Crippen LogP contribution >= 0.6 is 0 Å². The van der Waals surface area contributed by atoms with Crippen LogP contribution in [0.5, 0.6) is 0 Å². The zero-order chi connectivity index (χ0) is 19.7. The fraction of sp³-hybridized carbons (Fsp3) is 0.522. The lowest BCUT2D eigenvalue weighted by molar-refractivity contribution is -0.140. The molecule has 2 aromatic rings. The predicted molar refractivity (Wildman–Crippen MR) is 108 cm³/mol. The number of esters is 1. The van der Waals surface area contributed by atoms with Gasteiger partial charge in [0.05, 0.1) is 11.1 Å². The molecule has 5 heteroatoms. The summed E-state index contributed by atoms with van der Waals surface area (Å²) in [7, 11) is 0. The van der Waals surface area contributed by atoms with Crippen LogP contribution in [0.4, 0.5) is 0 Å². The van der Waals surface area contributed by atoms with Crippen molar-refractivity contribution in [2.45, 2.75) is 70.9 Å². The summed E-state index contributed by atoms with van der Waals surface area (Å²) in [6.45, 7) is 3.95. The van der Waals surface area contributed by atoms with E-state index < -0.39 is 5.97 Å². The molecule has 2 aliphatic rings. The summed E-state index contributed by atoms with van der Waals surface area (Å²) in [5, 5.41) is 0.820. The third-order valence-electron chi connectivity index (χ3n) is 6.18. The van der Waals surface area contributed by atoms with E-state index in [0.29, 0.717) is 5.56 Å². The molecule has 2 heterocycles. The van der Waals surface area contributed by atoms with Crippen LogP contribution in [0, 0.1) is 0 Å². The van der Waals surface area contributed by atoms with E-state index in [4.69, 9.17) is 9.72 Å². The lowest BCUT2D eigenvalue weighted by atomic mass is 9.90. The van der Waals surface area contributed by atoms with Gasteiger partial charge in [0.25, 0.3) is 5.91 Å². The topological polar surface area (TPSA) is 59.5 Å². The molecule has 0 spiro atoms. The molecule has 0 unspecified atom stereocenters. The molecule has 5 nitrogen and oxygen atoms in total. The summed E-state index contributed by atoms with van der Waals surface area (Å²) in [6.07, 6.45) is 7.03. The number of ether oxygens (including phenoxy) is 1. The van der Waals surface area contributed by atoms with E-state index in [1.807, 2.05) is 29.2 Å². The number of aromatic nitrogens is 1. The number of nitrogens with zero attached hydrogens (tertiary/aromatic N) is 2. The lowest BCUT2D eigenvalue weighted by Gasteiger charge is -2.38. The molecular formula is C23H28N2O3. The Morgan fingerprint density at radius 2 is 1.79 bits per heavy atom. The van der Waals surface area contributed by atoms with Crippen molar-refractivity contribution in [3.63, 3.8) is 0 Å². The molecule has 28 heavy (non-hydrogen) atoms. The maximum Gasteiger partial charge on any atom is 0.339 e. The van der Waals surface area contributed by atoms with Gasteiger partial charge in [0, 0.05) is 23.2 Å². The molecule has 4 rings (SSSR count). The van der Waals surface area contributed by atoms with Crippen molar-refractivity contribution < 1.29 is 14.3 Å². The predicted octanol–water partition coefficient (Wildman–Crippen LogP) is 4.06. The third kappa shape index (κ3) is 3.50. The maximum absolute atomic E-state index is 13.1. The normalized spacial score (nSPS) is 22.0. The van der Waals surface area contributed by atoms with Gasteiger partial charge < -0.3 is 9.64 Å². The van der Waals surface area contributed by atoms with E-state index in [9.17, 15) is 9.59 Å². The average molecular weight is 380 g/mol. The monoisotopic (exact) mass is 380 g/mol. The third-order valence-corrected chi connectivity index (χ3v) is 6.18. The molecule has 0 bridgehead atoms. The van der Waals surface area contributed by atoms with Crippen molar-refractivity contribution in [1.82, 2.24) is 9.88 Å². The maximum atomic E-state index is 13.1. The molecule has 148 valence electrons. The first-order valence-electron chi connectivity index (χ1n) is 10.4. The van der Waals surface area contributed by atoms with Gasteiger partial charge in [-0.05, 0) is 70.4 Å². The second kappa shape index (κ2) is 7.90. The van der Waals surface area contributed by atoms with Gasteiger partial charge >= 0.3 is 5.97 Å². The number of amides is 1. The molecule has 0 radical (unpaired) electrons. The minimum atomic E-state index is -0.401. The number of carbonyl (C=O) groups is 2. The number of pyridine rings is 1. The molecule has 1 aromatic heterocycles. The smallest absolute Gasteiger partial charge is 0.339 e. The van der Waals surface area contributed by atoms with E-state index in [-0.39, 0.29) is 24.6 Å². The zero-order valence-electron chi connectivity index (χ0n) is 16.7. The summed E-state index contributed by atoms with van der Waals surface area (Å²) in [6, 6.07) is 8.10. The van der Waals surface area contributed by atoms with Gasteiger partial charge in [0.1, 0.15) is 0 Å². The molecule has 1 amide bonds. The number of aryl methyl sites for hydroxylation is 1. The fourth-order valence-electron chi connectivity index (χ4n) is 4.79.